The predicted molar refractivity (Wildman–Crippen MR) is 223 cm³/mol. The summed E-state index contributed by atoms with van der Waals surface area (Å²) in [7, 11) is 0. The topological polar surface area (TPSA) is 167 Å². The average molecular weight is 822 g/mol. The third-order valence-electron chi connectivity index (χ3n) is 11.2. The number of aromatic hydroxyl groups is 1. The van der Waals surface area contributed by atoms with E-state index in [1.165, 1.54) is 15.3 Å². The van der Waals surface area contributed by atoms with E-state index < -0.39 is 23.6 Å². The van der Waals surface area contributed by atoms with Crippen LogP contribution in [0.3, 0.4) is 0 Å². The van der Waals surface area contributed by atoms with Crippen molar-refractivity contribution in [2.45, 2.75) is 77.6 Å². The van der Waals surface area contributed by atoms with Crippen LogP contribution < -0.4 is 10.1 Å². The largest absolute Gasteiger partial charge is 0.507 e. The Morgan fingerprint density at radius 2 is 1.90 bits per heavy atom. The minimum atomic E-state index is -0.852. The van der Waals surface area contributed by atoms with Gasteiger partial charge in [0, 0.05) is 54.5 Å². The van der Waals surface area contributed by atoms with Gasteiger partial charge in [0.2, 0.25) is 11.8 Å². The summed E-state index contributed by atoms with van der Waals surface area (Å²) < 4.78 is 11.8. The minimum absolute atomic E-state index is 0.0422. The molecule has 13 nitrogen and oxygen atoms in total. The molecule has 0 radical (unpaired) electrons. The molecule has 6 aromatic rings. The number of hydrogen-bond donors (Lipinski definition) is 3. The first-order valence-electron chi connectivity index (χ1n) is 19.6. The molecular formula is C43H47N7O6S2. The first kappa shape index (κ1) is 39.6. The number of nitrogens with one attached hydrogen (secondary N) is 1. The fourth-order valence-electron chi connectivity index (χ4n) is 8.02. The molecule has 58 heavy (non-hydrogen) atoms. The SMILES string of the molecule is Cc1ncsc1-c1ccc(C(C)(C)NC(=O)C2C[C@@H](O)CN2C(=O)[C@@H](c2cc(OCCN3CCc4sc5nnc(-c6ccccc6O)cc5c4C3)no2)C(C)C)cc1. The van der Waals surface area contributed by atoms with Crippen LogP contribution >= 0.6 is 22.7 Å². The quantitative estimate of drug-likeness (QED) is 0.121. The van der Waals surface area contributed by atoms with E-state index in [1.807, 2.05) is 82.6 Å². The van der Waals surface area contributed by atoms with Gasteiger partial charge in [-0.1, -0.05) is 50.2 Å². The number of hydrogen-bond acceptors (Lipinski definition) is 13. The van der Waals surface area contributed by atoms with E-state index >= 15 is 0 Å². The van der Waals surface area contributed by atoms with E-state index in [9.17, 15) is 19.8 Å². The number of carbonyl (C=O) groups excluding carboxylic acids is 2. The fourth-order valence-corrected chi connectivity index (χ4v) is 9.93. The number of β-amino-alcohol motifs (C(OH)–C–C–N with tert-alkyl or cyclic N) is 1. The number of fused-ring (bicyclic) bond motifs is 3. The maximum Gasteiger partial charge on any atom is 0.254 e. The third kappa shape index (κ3) is 7.95. The number of phenolic OH excluding ortho intramolecular Hbond substituents is 1. The highest BCUT2D eigenvalue weighted by Crippen LogP contribution is 2.38. The van der Waals surface area contributed by atoms with Crippen molar-refractivity contribution >= 4 is 44.7 Å². The summed E-state index contributed by atoms with van der Waals surface area (Å²) in [4.78, 5) is 39.6. The van der Waals surface area contributed by atoms with Crippen molar-refractivity contribution in [3.8, 4) is 33.3 Å². The molecule has 3 atom stereocenters. The zero-order valence-corrected chi connectivity index (χ0v) is 34.8. The molecule has 2 aliphatic heterocycles. The lowest BCUT2D eigenvalue weighted by Crippen LogP contribution is -2.52. The molecule has 0 bridgehead atoms. The summed E-state index contributed by atoms with van der Waals surface area (Å²) in [5.41, 5.74) is 6.54. The van der Waals surface area contributed by atoms with Crippen molar-refractivity contribution in [2.24, 2.45) is 5.92 Å². The molecule has 0 spiro atoms. The van der Waals surface area contributed by atoms with Crippen molar-refractivity contribution < 1.29 is 29.1 Å². The van der Waals surface area contributed by atoms with E-state index in [0.717, 1.165) is 51.4 Å². The molecule has 8 rings (SSSR count). The Hall–Kier alpha value is -5.22. The summed E-state index contributed by atoms with van der Waals surface area (Å²) in [6, 6.07) is 18.0. The number of aromatic nitrogens is 4. The van der Waals surface area contributed by atoms with Gasteiger partial charge in [-0.3, -0.25) is 14.5 Å². The number of thiophene rings is 1. The van der Waals surface area contributed by atoms with Gasteiger partial charge >= 0.3 is 0 Å². The molecule has 1 saturated heterocycles. The Labute approximate surface area is 344 Å². The number of likely N-dealkylation sites (tertiary alicyclic amines) is 1. The zero-order valence-electron chi connectivity index (χ0n) is 33.1. The Balaban J connectivity index is 0.895. The van der Waals surface area contributed by atoms with Crippen molar-refractivity contribution in [1.82, 2.24) is 35.5 Å². The van der Waals surface area contributed by atoms with Crippen LogP contribution in [-0.4, -0.2) is 90.6 Å². The number of thiazole rings is 1. The van der Waals surface area contributed by atoms with E-state index in [-0.39, 0.29) is 42.3 Å². The van der Waals surface area contributed by atoms with Crippen molar-refractivity contribution in [3.63, 3.8) is 0 Å². The number of nitrogens with zero attached hydrogens (tertiary/aromatic N) is 6. The van der Waals surface area contributed by atoms with Crippen LogP contribution in [0.25, 0.3) is 31.9 Å². The number of aliphatic hydroxyl groups is 1. The van der Waals surface area contributed by atoms with E-state index in [4.69, 9.17) is 9.26 Å². The standard InChI is InChI=1S/C43H47N7O6S2/c1-24(2)38(42(54)50-21-28(51)18-33(50)40(53)45-43(4,5)27-12-10-26(11-13-27)39-25(3)44-23-57-39)35-20-37(48-56-35)55-17-16-49-15-14-36-31(22-49)30-19-32(46-47-41(30)58-36)29-8-6-7-9-34(29)52/h6-13,19-20,23-24,28,33,38,51-52H,14-18,21-22H2,1-5H3,(H,45,53)/t28-,33?,38-/m1/s1. The zero-order chi connectivity index (χ0) is 40.7. The van der Waals surface area contributed by atoms with Gasteiger partial charge in [0.25, 0.3) is 5.88 Å². The van der Waals surface area contributed by atoms with Gasteiger partial charge in [0.1, 0.15) is 29.1 Å². The normalized spacial score (nSPS) is 17.8. The lowest BCUT2D eigenvalue weighted by atomic mass is 9.91. The smallest absolute Gasteiger partial charge is 0.254 e. The summed E-state index contributed by atoms with van der Waals surface area (Å²) in [6.45, 7) is 12.3. The molecule has 1 unspecified atom stereocenters. The molecule has 2 aliphatic rings. The van der Waals surface area contributed by atoms with Gasteiger partial charge in [0.05, 0.1) is 33.4 Å². The second kappa shape index (κ2) is 16.2. The van der Waals surface area contributed by atoms with Gasteiger partial charge in [-0.25, -0.2) is 4.98 Å². The number of benzene rings is 2. The molecule has 3 N–H and O–H groups in total. The van der Waals surface area contributed by atoms with Crippen molar-refractivity contribution in [1.29, 1.82) is 0 Å². The van der Waals surface area contributed by atoms with Crippen LogP contribution in [-0.2, 0) is 28.1 Å². The molecule has 2 aromatic carbocycles. The van der Waals surface area contributed by atoms with Crippen LogP contribution in [0.1, 0.15) is 67.5 Å². The highest BCUT2D eigenvalue weighted by molar-refractivity contribution is 7.18. The molecular weight excluding hydrogens is 775 g/mol. The molecule has 0 saturated carbocycles. The number of para-hydroxylation sites is 1. The maximum absolute atomic E-state index is 14.3. The maximum atomic E-state index is 14.3. The summed E-state index contributed by atoms with van der Waals surface area (Å²) in [5.74, 6) is -0.763. The first-order valence-corrected chi connectivity index (χ1v) is 21.3. The van der Waals surface area contributed by atoms with Crippen LogP contribution in [0, 0.1) is 12.8 Å². The van der Waals surface area contributed by atoms with Crippen LogP contribution in [0.5, 0.6) is 11.6 Å². The Bertz CT molecular complexity index is 2440. The number of phenols is 1. The molecule has 1 fully saturated rings. The minimum Gasteiger partial charge on any atom is -0.507 e. The molecule has 302 valence electrons. The van der Waals surface area contributed by atoms with Crippen molar-refractivity contribution in [2.75, 3.05) is 26.2 Å². The number of aryl methyl sites for hydroxylation is 1. The molecule has 2 amide bonds. The number of carbonyl (C=O) groups is 2. The fraction of sp³-hybridized carbons (Fsp3) is 0.395. The van der Waals surface area contributed by atoms with Crippen LogP contribution in [0.2, 0.25) is 0 Å². The number of aliphatic hydroxyl groups excluding tert-OH is 1. The van der Waals surface area contributed by atoms with Gasteiger partial charge < -0.3 is 29.7 Å². The highest BCUT2D eigenvalue weighted by Gasteiger charge is 2.44. The molecule has 0 aliphatic carbocycles. The van der Waals surface area contributed by atoms with E-state index in [0.29, 0.717) is 30.2 Å². The predicted octanol–water partition coefficient (Wildman–Crippen LogP) is 6.67. The third-order valence-corrected chi connectivity index (χ3v) is 13.3. The van der Waals surface area contributed by atoms with E-state index in [1.54, 1.807) is 40.9 Å². The summed E-state index contributed by atoms with van der Waals surface area (Å²) >= 11 is 3.26. The van der Waals surface area contributed by atoms with Gasteiger partial charge in [-0.05, 0) is 73.2 Å². The van der Waals surface area contributed by atoms with Crippen LogP contribution in [0.4, 0.5) is 0 Å². The Morgan fingerprint density at radius 1 is 1.10 bits per heavy atom. The Morgan fingerprint density at radius 3 is 2.64 bits per heavy atom. The Kier molecular flexibility index (Phi) is 11.1. The molecule has 6 heterocycles. The van der Waals surface area contributed by atoms with Gasteiger partial charge in [-0.15, -0.1) is 32.9 Å². The highest BCUT2D eigenvalue weighted by atomic mass is 32.1. The average Bonchev–Trinajstić information content (AvgIpc) is 4.01. The summed E-state index contributed by atoms with van der Waals surface area (Å²) in [5, 5.41) is 38.3. The second-order valence-electron chi connectivity index (χ2n) is 16.0. The second-order valence-corrected chi connectivity index (χ2v) is 17.9. The number of amides is 2. The molecule has 15 heteroatoms. The lowest BCUT2D eigenvalue weighted by molar-refractivity contribution is -0.141. The van der Waals surface area contributed by atoms with Crippen molar-refractivity contribution in [3.05, 3.63) is 93.6 Å². The number of rotatable bonds is 12. The lowest BCUT2D eigenvalue weighted by Gasteiger charge is -2.32. The number of ether oxygens (including phenoxy) is 1. The van der Waals surface area contributed by atoms with Gasteiger partial charge in [-0.2, -0.15) is 0 Å². The first-order chi connectivity index (χ1) is 27.9. The van der Waals surface area contributed by atoms with E-state index in [2.05, 4.69) is 30.6 Å². The van der Waals surface area contributed by atoms with Crippen LogP contribution in [0.15, 0.2) is 70.7 Å². The monoisotopic (exact) mass is 821 g/mol. The molecule has 4 aromatic heterocycles. The summed E-state index contributed by atoms with van der Waals surface area (Å²) in [6.07, 6.45) is 0.185. The van der Waals surface area contributed by atoms with Gasteiger partial charge in [0.15, 0.2) is 5.76 Å².